The van der Waals surface area contributed by atoms with Gasteiger partial charge in [0.2, 0.25) is 15.9 Å². The van der Waals surface area contributed by atoms with Gasteiger partial charge in [-0.2, -0.15) is 17.5 Å². The van der Waals surface area contributed by atoms with Crippen LogP contribution in [0.4, 0.5) is 13.2 Å². The first-order valence-corrected chi connectivity index (χ1v) is 11.0. The van der Waals surface area contributed by atoms with Gasteiger partial charge in [0.25, 0.3) is 0 Å². The van der Waals surface area contributed by atoms with Gasteiger partial charge < -0.3 is 4.90 Å². The van der Waals surface area contributed by atoms with Gasteiger partial charge in [0.1, 0.15) is 0 Å². The van der Waals surface area contributed by atoms with Crippen molar-refractivity contribution < 1.29 is 26.4 Å². The lowest BCUT2D eigenvalue weighted by Crippen LogP contribution is -2.50. The monoisotopic (exact) mass is 444 g/mol. The number of carbonyl (C=O) groups excluding carboxylic acids is 1. The predicted octanol–water partition coefficient (Wildman–Crippen LogP) is 3.62. The normalized spacial score (nSPS) is 16.5. The maximum Gasteiger partial charge on any atom is 0.416 e. The fraction of sp³-hybridized carbons (Fsp3) is 0.316. The molecule has 1 amide bonds. The molecule has 1 saturated heterocycles. The van der Waals surface area contributed by atoms with Crippen molar-refractivity contribution in [2.75, 3.05) is 26.2 Å². The Labute approximate surface area is 171 Å². The average molecular weight is 445 g/mol. The van der Waals surface area contributed by atoms with E-state index in [-0.39, 0.29) is 32.1 Å². The van der Waals surface area contributed by atoms with Crippen LogP contribution in [0.3, 0.4) is 0 Å². The number of alkyl halides is 3. The standard InChI is InChI=1S/C19H19F3N2O3S2/c1-14-5-6-16(28-14)7-8-18(25)23-9-11-24(12-10-23)29(26,27)17-4-2-3-15(13-17)19(20,21)22/h2-8,13H,9-12H2,1H3/b8-7+. The Morgan fingerprint density at radius 1 is 1.10 bits per heavy atom. The topological polar surface area (TPSA) is 57.7 Å². The number of aryl methyl sites for hydroxylation is 1. The van der Waals surface area contributed by atoms with Gasteiger partial charge in [0.05, 0.1) is 10.5 Å². The lowest BCUT2D eigenvalue weighted by molar-refractivity contribution is -0.137. The summed E-state index contributed by atoms with van der Waals surface area (Å²) in [5.41, 5.74) is -1.01. The van der Waals surface area contributed by atoms with Crippen molar-refractivity contribution in [1.29, 1.82) is 0 Å². The fourth-order valence-corrected chi connectivity index (χ4v) is 5.18. The number of thiophene rings is 1. The van der Waals surface area contributed by atoms with Gasteiger partial charge in [-0.25, -0.2) is 8.42 Å². The van der Waals surface area contributed by atoms with Gasteiger partial charge in [0.15, 0.2) is 0 Å². The van der Waals surface area contributed by atoms with E-state index >= 15 is 0 Å². The zero-order valence-electron chi connectivity index (χ0n) is 15.5. The summed E-state index contributed by atoms with van der Waals surface area (Å²) in [6.07, 6.45) is -1.46. The van der Waals surface area contributed by atoms with Crippen LogP contribution < -0.4 is 0 Å². The lowest BCUT2D eigenvalue weighted by atomic mass is 10.2. The maximum atomic E-state index is 12.9. The quantitative estimate of drug-likeness (QED) is 0.677. The lowest BCUT2D eigenvalue weighted by Gasteiger charge is -2.33. The van der Waals surface area contributed by atoms with Crippen molar-refractivity contribution in [2.24, 2.45) is 0 Å². The highest BCUT2D eigenvalue weighted by molar-refractivity contribution is 7.89. The molecule has 0 unspecified atom stereocenters. The number of piperazine rings is 1. The Bertz CT molecular complexity index is 1020. The number of benzene rings is 1. The third-order valence-corrected chi connectivity index (χ3v) is 7.36. The minimum absolute atomic E-state index is 0.0241. The van der Waals surface area contributed by atoms with Gasteiger partial charge in [-0.3, -0.25) is 4.79 Å². The second kappa shape index (κ2) is 8.29. The Kier molecular flexibility index (Phi) is 6.16. The minimum atomic E-state index is -4.62. The van der Waals surface area contributed by atoms with Crippen LogP contribution in [0.2, 0.25) is 0 Å². The van der Waals surface area contributed by atoms with Crippen molar-refractivity contribution in [3.63, 3.8) is 0 Å². The van der Waals surface area contributed by atoms with E-state index in [4.69, 9.17) is 0 Å². The molecular weight excluding hydrogens is 425 g/mol. The number of carbonyl (C=O) groups is 1. The van der Waals surface area contributed by atoms with Crippen molar-refractivity contribution in [3.8, 4) is 0 Å². The second-order valence-electron chi connectivity index (χ2n) is 6.54. The largest absolute Gasteiger partial charge is 0.416 e. The van der Waals surface area contributed by atoms with Crippen LogP contribution in [0.5, 0.6) is 0 Å². The van der Waals surface area contributed by atoms with Crippen LogP contribution in [0.15, 0.2) is 47.4 Å². The van der Waals surface area contributed by atoms with Gasteiger partial charge in [-0.15, -0.1) is 11.3 Å². The Hall–Kier alpha value is -2.17. The highest BCUT2D eigenvalue weighted by atomic mass is 32.2. The Balaban J connectivity index is 1.65. The predicted molar refractivity (Wildman–Crippen MR) is 105 cm³/mol. The zero-order valence-corrected chi connectivity index (χ0v) is 17.1. The van der Waals surface area contributed by atoms with E-state index in [2.05, 4.69) is 0 Å². The van der Waals surface area contributed by atoms with Crippen LogP contribution in [-0.2, 0) is 21.0 Å². The van der Waals surface area contributed by atoms with Crippen molar-refractivity contribution in [1.82, 2.24) is 9.21 Å². The van der Waals surface area contributed by atoms with E-state index in [1.807, 2.05) is 19.1 Å². The van der Waals surface area contributed by atoms with Crippen LogP contribution in [0.1, 0.15) is 15.3 Å². The first-order valence-electron chi connectivity index (χ1n) is 8.78. The summed E-state index contributed by atoms with van der Waals surface area (Å²) in [7, 11) is -4.07. The highest BCUT2D eigenvalue weighted by Crippen LogP contribution is 2.31. The molecule has 0 aliphatic carbocycles. The average Bonchev–Trinajstić information content (AvgIpc) is 3.11. The van der Waals surface area contributed by atoms with Gasteiger partial charge in [-0.1, -0.05) is 6.07 Å². The summed E-state index contributed by atoms with van der Waals surface area (Å²) in [6, 6.07) is 7.55. The van der Waals surface area contributed by atoms with Crippen molar-refractivity contribution in [2.45, 2.75) is 18.0 Å². The van der Waals surface area contributed by atoms with Gasteiger partial charge >= 0.3 is 6.18 Å². The molecule has 0 atom stereocenters. The number of nitrogens with zero attached hydrogens (tertiary/aromatic N) is 2. The van der Waals surface area contributed by atoms with Crippen molar-refractivity contribution >= 4 is 33.3 Å². The molecule has 1 aliphatic rings. The number of sulfonamides is 1. The van der Waals surface area contributed by atoms with E-state index in [9.17, 15) is 26.4 Å². The van der Waals surface area contributed by atoms with Gasteiger partial charge in [0, 0.05) is 42.0 Å². The molecule has 0 N–H and O–H groups in total. The molecule has 0 radical (unpaired) electrons. The smallest absolute Gasteiger partial charge is 0.337 e. The summed E-state index contributed by atoms with van der Waals surface area (Å²) in [5, 5.41) is 0. The molecule has 1 aromatic heterocycles. The molecule has 2 heterocycles. The Morgan fingerprint density at radius 3 is 2.38 bits per heavy atom. The fourth-order valence-electron chi connectivity index (χ4n) is 2.93. The van der Waals surface area contributed by atoms with Gasteiger partial charge in [-0.05, 0) is 43.3 Å². The van der Waals surface area contributed by atoms with E-state index in [0.717, 1.165) is 32.3 Å². The number of hydrogen-bond donors (Lipinski definition) is 0. The first-order chi connectivity index (χ1) is 13.6. The van der Waals surface area contributed by atoms with Crippen LogP contribution in [-0.4, -0.2) is 49.7 Å². The molecule has 1 aliphatic heterocycles. The molecule has 3 rings (SSSR count). The molecule has 5 nitrogen and oxygen atoms in total. The molecule has 0 bridgehead atoms. The summed E-state index contributed by atoms with van der Waals surface area (Å²) < 4.78 is 65.1. The van der Waals surface area contributed by atoms with E-state index < -0.39 is 26.7 Å². The van der Waals surface area contributed by atoms with Crippen LogP contribution in [0.25, 0.3) is 6.08 Å². The maximum absolute atomic E-state index is 12.9. The highest BCUT2D eigenvalue weighted by Gasteiger charge is 2.34. The molecule has 0 saturated carbocycles. The number of halogens is 3. The molecular formula is C19H19F3N2O3S2. The minimum Gasteiger partial charge on any atom is -0.337 e. The number of hydrogen-bond acceptors (Lipinski definition) is 4. The third-order valence-electron chi connectivity index (χ3n) is 4.50. The number of rotatable bonds is 4. The molecule has 1 aromatic carbocycles. The third kappa shape index (κ3) is 5.06. The summed E-state index contributed by atoms with van der Waals surface area (Å²) >= 11 is 1.56. The molecule has 29 heavy (non-hydrogen) atoms. The van der Waals surface area contributed by atoms with Crippen LogP contribution in [0, 0.1) is 6.92 Å². The van der Waals surface area contributed by atoms with Crippen molar-refractivity contribution in [3.05, 3.63) is 57.8 Å². The zero-order chi connectivity index (χ0) is 21.2. The van der Waals surface area contributed by atoms with E-state index in [1.165, 1.54) is 11.0 Å². The molecule has 0 spiro atoms. The van der Waals surface area contributed by atoms with Crippen LogP contribution >= 0.6 is 11.3 Å². The molecule has 10 heteroatoms. The molecule has 1 fully saturated rings. The molecule has 156 valence electrons. The summed E-state index contributed by atoms with van der Waals surface area (Å²) in [4.78, 5) is 15.5. The van der Waals surface area contributed by atoms with E-state index in [1.54, 1.807) is 17.4 Å². The molecule has 2 aromatic rings. The van der Waals surface area contributed by atoms with E-state index in [0.29, 0.717) is 6.07 Å². The first kappa shape index (κ1) is 21.5. The number of amides is 1. The second-order valence-corrected chi connectivity index (χ2v) is 9.79. The summed E-state index contributed by atoms with van der Waals surface area (Å²) in [5.74, 6) is -0.229. The summed E-state index contributed by atoms with van der Waals surface area (Å²) in [6.45, 7) is 2.36. The Morgan fingerprint density at radius 2 is 1.79 bits per heavy atom. The SMILES string of the molecule is Cc1ccc(/C=C/C(=O)N2CCN(S(=O)(=O)c3cccc(C(F)(F)F)c3)CC2)s1.